The highest BCUT2D eigenvalue weighted by molar-refractivity contribution is 5.96. The SMILES string of the molecule is CC1=CC2NC(C(=O)C(C)C)=CN2C=C1. The van der Waals surface area contributed by atoms with E-state index in [9.17, 15) is 4.79 Å². The number of rotatable bonds is 2. The van der Waals surface area contributed by atoms with E-state index in [0.29, 0.717) is 5.70 Å². The average molecular weight is 204 g/mol. The number of fused-ring (bicyclic) bond motifs is 1. The van der Waals surface area contributed by atoms with E-state index in [4.69, 9.17) is 0 Å². The molecule has 2 aliphatic heterocycles. The molecule has 1 unspecified atom stereocenters. The summed E-state index contributed by atoms with van der Waals surface area (Å²) in [5.41, 5.74) is 1.93. The molecule has 3 heteroatoms. The van der Waals surface area contributed by atoms with Crippen LogP contribution in [0.3, 0.4) is 0 Å². The minimum absolute atomic E-state index is 0.0409. The predicted octanol–water partition coefficient (Wildman–Crippen LogP) is 1.76. The van der Waals surface area contributed by atoms with Crippen LogP contribution in [0, 0.1) is 5.92 Å². The molecule has 0 spiro atoms. The van der Waals surface area contributed by atoms with Gasteiger partial charge in [0.15, 0.2) is 5.78 Å². The number of carbonyl (C=O) groups excluding carboxylic acids is 1. The predicted molar refractivity (Wildman–Crippen MR) is 59.6 cm³/mol. The minimum Gasteiger partial charge on any atom is -0.358 e. The molecule has 0 fully saturated rings. The lowest BCUT2D eigenvalue weighted by molar-refractivity contribution is -0.118. The summed E-state index contributed by atoms with van der Waals surface area (Å²) in [7, 11) is 0. The molecule has 1 atom stereocenters. The maximum atomic E-state index is 11.8. The smallest absolute Gasteiger partial charge is 0.182 e. The zero-order chi connectivity index (χ0) is 11.0. The third kappa shape index (κ3) is 1.82. The Morgan fingerprint density at radius 3 is 2.93 bits per heavy atom. The topological polar surface area (TPSA) is 32.3 Å². The van der Waals surface area contributed by atoms with Gasteiger partial charge in [0, 0.05) is 18.3 Å². The van der Waals surface area contributed by atoms with Crippen molar-refractivity contribution in [1.29, 1.82) is 0 Å². The fourth-order valence-corrected chi connectivity index (χ4v) is 1.72. The van der Waals surface area contributed by atoms with Crippen LogP contribution in [0.15, 0.2) is 35.8 Å². The van der Waals surface area contributed by atoms with Gasteiger partial charge in [-0.25, -0.2) is 0 Å². The second kappa shape index (κ2) is 3.57. The standard InChI is InChI=1S/C12H16N2O/c1-8(2)12(15)10-7-14-5-4-9(3)6-11(14)13-10/h4-8,11,13H,1-3H3. The minimum atomic E-state index is 0.0409. The Hall–Kier alpha value is -1.51. The van der Waals surface area contributed by atoms with Crippen LogP contribution in [0.5, 0.6) is 0 Å². The van der Waals surface area contributed by atoms with Crippen LogP contribution in [0.4, 0.5) is 0 Å². The summed E-state index contributed by atoms with van der Waals surface area (Å²) in [6.07, 6.45) is 8.14. The van der Waals surface area contributed by atoms with Gasteiger partial charge in [-0.2, -0.15) is 0 Å². The summed E-state index contributed by atoms with van der Waals surface area (Å²) < 4.78 is 0. The maximum Gasteiger partial charge on any atom is 0.182 e. The molecule has 2 aliphatic rings. The van der Waals surface area contributed by atoms with Gasteiger partial charge in [-0.15, -0.1) is 0 Å². The number of allylic oxidation sites excluding steroid dienone is 3. The van der Waals surface area contributed by atoms with Crippen molar-refractivity contribution in [1.82, 2.24) is 10.2 Å². The molecule has 0 aromatic carbocycles. The number of nitrogens with one attached hydrogen (secondary N) is 1. The first-order valence-corrected chi connectivity index (χ1v) is 5.24. The molecule has 0 bridgehead atoms. The van der Waals surface area contributed by atoms with Crippen LogP contribution in [-0.4, -0.2) is 16.8 Å². The van der Waals surface area contributed by atoms with E-state index >= 15 is 0 Å². The van der Waals surface area contributed by atoms with Crippen molar-refractivity contribution in [3.63, 3.8) is 0 Å². The first kappa shape index (κ1) is 10.0. The summed E-state index contributed by atoms with van der Waals surface area (Å²) >= 11 is 0. The van der Waals surface area contributed by atoms with Gasteiger partial charge < -0.3 is 10.2 Å². The molecule has 0 aromatic rings. The molecule has 2 rings (SSSR count). The van der Waals surface area contributed by atoms with E-state index in [2.05, 4.69) is 18.3 Å². The van der Waals surface area contributed by atoms with E-state index in [-0.39, 0.29) is 17.9 Å². The Balaban J connectivity index is 2.16. The molecule has 0 aliphatic carbocycles. The fourth-order valence-electron chi connectivity index (χ4n) is 1.72. The molecular weight excluding hydrogens is 188 g/mol. The van der Waals surface area contributed by atoms with E-state index in [1.54, 1.807) is 0 Å². The van der Waals surface area contributed by atoms with Crippen molar-refractivity contribution < 1.29 is 4.79 Å². The van der Waals surface area contributed by atoms with Crippen molar-refractivity contribution >= 4 is 5.78 Å². The van der Waals surface area contributed by atoms with Crippen molar-refractivity contribution in [3.8, 4) is 0 Å². The largest absolute Gasteiger partial charge is 0.358 e. The molecule has 1 N–H and O–H groups in total. The fraction of sp³-hybridized carbons (Fsp3) is 0.417. The normalized spacial score (nSPS) is 23.5. The molecule has 0 saturated carbocycles. The summed E-state index contributed by atoms with van der Waals surface area (Å²) in [5.74, 6) is 0.211. The van der Waals surface area contributed by atoms with Crippen LogP contribution in [0.25, 0.3) is 0 Å². The summed E-state index contributed by atoms with van der Waals surface area (Å²) in [6, 6.07) is 0. The van der Waals surface area contributed by atoms with Gasteiger partial charge in [0.25, 0.3) is 0 Å². The molecule has 80 valence electrons. The molecule has 2 heterocycles. The number of ketones is 1. The first-order chi connectivity index (χ1) is 7.08. The third-order valence-corrected chi connectivity index (χ3v) is 2.62. The van der Waals surface area contributed by atoms with Crippen molar-refractivity contribution in [2.75, 3.05) is 0 Å². The molecular formula is C12H16N2O. The lowest BCUT2D eigenvalue weighted by atomic mass is 10.1. The number of hydrogen-bond acceptors (Lipinski definition) is 3. The van der Waals surface area contributed by atoms with Crippen molar-refractivity contribution in [3.05, 3.63) is 35.8 Å². The van der Waals surface area contributed by atoms with Crippen LogP contribution in [0.1, 0.15) is 20.8 Å². The van der Waals surface area contributed by atoms with E-state index < -0.39 is 0 Å². The molecule has 0 saturated heterocycles. The first-order valence-electron chi connectivity index (χ1n) is 5.24. The lowest BCUT2D eigenvalue weighted by Gasteiger charge is -2.22. The van der Waals surface area contributed by atoms with Crippen molar-refractivity contribution in [2.24, 2.45) is 5.92 Å². The van der Waals surface area contributed by atoms with Gasteiger partial charge in [-0.3, -0.25) is 4.79 Å². The third-order valence-electron chi connectivity index (χ3n) is 2.62. The number of hydrogen-bond donors (Lipinski definition) is 1. The summed E-state index contributed by atoms with van der Waals surface area (Å²) in [6.45, 7) is 5.88. The van der Waals surface area contributed by atoms with E-state index in [1.165, 1.54) is 5.57 Å². The second-order valence-electron chi connectivity index (χ2n) is 4.32. The Kier molecular flexibility index (Phi) is 2.39. The highest BCUT2D eigenvalue weighted by atomic mass is 16.1. The van der Waals surface area contributed by atoms with Gasteiger partial charge >= 0.3 is 0 Å². The van der Waals surface area contributed by atoms with Gasteiger partial charge in [0.05, 0.1) is 5.70 Å². The zero-order valence-electron chi connectivity index (χ0n) is 9.32. The Bertz CT molecular complexity index is 377. The number of Topliss-reactive ketones (excluding diaryl/α,β-unsaturated/α-hetero) is 1. The molecule has 15 heavy (non-hydrogen) atoms. The average Bonchev–Trinajstić information content (AvgIpc) is 2.58. The molecule has 0 aromatic heterocycles. The van der Waals surface area contributed by atoms with Crippen molar-refractivity contribution in [2.45, 2.75) is 26.9 Å². The van der Waals surface area contributed by atoms with Crippen LogP contribution in [-0.2, 0) is 4.79 Å². The van der Waals surface area contributed by atoms with Gasteiger partial charge in [0.2, 0.25) is 0 Å². The highest BCUT2D eigenvalue weighted by Gasteiger charge is 2.26. The van der Waals surface area contributed by atoms with Gasteiger partial charge in [-0.1, -0.05) is 13.8 Å². The number of carbonyl (C=O) groups is 1. The van der Waals surface area contributed by atoms with E-state index in [1.807, 2.05) is 37.2 Å². The van der Waals surface area contributed by atoms with Crippen LogP contribution in [0.2, 0.25) is 0 Å². The maximum absolute atomic E-state index is 11.8. The van der Waals surface area contributed by atoms with Gasteiger partial charge in [-0.05, 0) is 24.6 Å². The Morgan fingerprint density at radius 1 is 1.53 bits per heavy atom. The van der Waals surface area contributed by atoms with Gasteiger partial charge in [0.1, 0.15) is 6.17 Å². The van der Waals surface area contributed by atoms with Crippen LogP contribution >= 0.6 is 0 Å². The molecule has 0 radical (unpaired) electrons. The number of nitrogens with zero attached hydrogens (tertiary/aromatic N) is 1. The second-order valence-corrected chi connectivity index (χ2v) is 4.32. The Morgan fingerprint density at radius 2 is 2.27 bits per heavy atom. The van der Waals surface area contributed by atoms with E-state index in [0.717, 1.165) is 0 Å². The zero-order valence-corrected chi connectivity index (χ0v) is 9.32. The quantitative estimate of drug-likeness (QED) is 0.744. The summed E-state index contributed by atoms with van der Waals surface area (Å²) in [4.78, 5) is 13.8. The van der Waals surface area contributed by atoms with Crippen LogP contribution < -0.4 is 5.32 Å². The Labute approximate surface area is 90.1 Å². The molecule has 3 nitrogen and oxygen atoms in total. The lowest BCUT2D eigenvalue weighted by Crippen LogP contribution is -2.34. The summed E-state index contributed by atoms with van der Waals surface area (Å²) in [5, 5.41) is 3.21. The molecule has 0 amide bonds. The highest BCUT2D eigenvalue weighted by Crippen LogP contribution is 2.20. The monoisotopic (exact) mass is 204 g/mol.